The topological polar surface area (TPSA) is 29.1 Å². The molecule has 2 aromatic rings. The molecule has 1 amide bonds. The summed E-state index contributed by atoms with van der Waals surface area (Å²) in [4.78, 5) is 11.9. The Bertz CT molecular complexity index is 780. The van der Waals surface area contributed by atoms with Crippen LogP contribution < -0.4 is 5.32 Å². The molecule has 0 saturated heterocycles. The summed E-state index contributed by atoms with van der Waals surface area (Å²) in [5, 5.41) is 2.40. The highest BCUT2D eigenvalue weighted by Crippen LogP contribution is 2.33. The van der Waals surface area contributed by atoms with Gasteiger partial charge in [-0.25, -0.2) is 0 Å². The number of halogens is 4. The summed E-state index contributed by atoms with van der Waals surface area (Å²) in [5.41, 5.74) is 1.04. The van der Waals surface area contributed by atoms with Crippen LogP contribution in [0.1, 0.15) is 36.5 Å². The van der Waals surface area contributed by atoms with Crippen molar-refractivity contribution >= 4 is 29.3 Å². The number of alkyl halides is 3. The highest BCUT2D eigenvalue weighted by atomic mass is 35.5. The summed E-state index contributed by atoms with van der Waals surface area (Å²) in [5.74, 6) is -0.154. The normalized spacial score (nSPS) is 12.0. The lowest BCUT2D eigenvalue weighted by Gasteiger charge is -2.10. The first-order chi connectivity index (χ1) is 11.7. The Morgan fingerprint density at radius 2 is 1.76 bits per heavy atom. The third kappa shape index (κ3) is 5.36. The molecule has 6 heteroatoms. The van der Waals surface area contributed by atoms with Crippen LogP contribution in [0.5, 0.6) is 0 Å². The van der Waals surface area contributed by atoms with E-state index < -0.39 is 17.6 Å². The van der Waals surface area contributed by atoms with Crippen molar-refractivity contribution in [2.75, 3.05) is 5.32 Å². The molecule has 2 rings (SSSR count). The van der Waals surface area contributed by atoms with Gasteiger partial charge in [0.05, 0.1) is 16.3 Å². The maximum atomic E-state index is 12.7. The second kappa shape index (κ2) is 7.74. The molecule has 25 heavy (non-hydrogen) atoms. The van der Waals surface area contributed by atoms with Crippen molar-refractivity contribution in [2.24, 2.45) is 0 Å². The van der Waals surface area contributed by atoms with Crippen molar-refractivity contribution in [2.45, 2.75) is 25.9 Å². The second-order valence-electron chi connectivity index (χ2n) is 5.84. The van der Waals surface area contributed by atoms with Crippen LogP contribution in [0.2, 0.25) is 5.02 Å². The predicted molar refractivity (Wildman–Crippen MR) is 94.6 cm³/mol. The van der Waals surface area contributed by atoms with Crippen LogP contribution in [-0.4, -0.2) is 5.91 Å². The highest BCUT2D eigenvalue weighted by molar-refractivity contribution is 6.33. The summed E-state index contributed by atoms with van der Waals surface area (Å²) < 4.78 is 38.2. The van der Waals surface area contributed by atoms with Crippen LogP contribution in [0.4, 0.5) is 18.9 Å². The molecule has 0 spiro atoms. The van der Waals surface area contributed by atoms with Gasteiger partial charge < -0.3 is 5.32 Å². The molecule has 0 aliphatic carbocycles. The minimum atomic E-state index is -4.50. The lowest BCUT2D eigenvalue weighted by Crippen LogP contribution is -2.11. The van der Waals surface area contributed by atoms with E-state index in [1.807, 2.05) is 24.3 Å². The third-order valence-corrected chi connectivity index (χ3v) is 3.91. The second-order valence-corrected chi connectivity index (χ2v) is 6.24. The van der Waals surface area contributed by atoms with Crippen LogP contribution in [0, 0.1) is 0 Å². The molecule has 2 aromatic carbocycles. The molecule has 2 nitrogen and oxygen atoms in total. The molecule has 0 atom stereocenters. The van der Waals surface area contributed by atoms with Crippen molar-refractivity contribution in [1.29, 1.82) is 0 Å². The zero-order chi connectivity index (χ0) is 18.6. The Balaban J connectivity index is 2.09. The zero-order valence-corrected chi connectivity index (χ0v) is 14.4. The van der Waals surface area contributed by atoms with Crippen molar-refractivity contribution in [3.63, 3.8) is 0 Å². The molecule has 0 unspecified atom stereocenters. The Morgan fingerprint density at radius 1 is 1.12 bits per heavy atom. The summed E-state index contributed by atoms with van der Waals surface area (Å²) in [7, 11) is 0. The van der Waals surface area contributed by atoms with E-state index in [-0.39, 0.29) is 10.7 Å². The van der Waals surface area contributed by atoms with Gasteiger partial charge in [-0.15, -0.1) is 0 Å². The largest absolute Gasteiger partial charge is 0.416 e. The number of nitrogens with one attached hydrogen (secondary N) is 1. The molecule has 0 aliphatic heterocycles. The van der Waals surface area contributed by atoms with Gasteiger partial charge in [0.25, 0.3) is 0 Å². The van der Waals surface area contributed by atoms with Gasteiger partial charge in [0.1, 0.15) is 0 Å². The van der Waals surface area contributed by atoms with Crippen LogP contribution in [0.3, 0.4) is 0 Å². The van der Waals surface area contributed by atoms with Gasteiger partial charge in [-0.2, -0.15) is 13.2 Å². The molecular weight excluding hydrogens is 351 g/mol. The SMILES string of the molecule is CC(C)c1ccc(C=CC(=O)Nc2cc(C(F)(F)F)ccc2Cl)cc1. The van der Waals surface area contributed by atoms with Crippen molar-refractivity contribution in [3.05, 3.63) is 70.3 Å². The first-order valence-corrected chi connectivity index (χ1v) is 8.00. The van der Waals surface area contributed by atoms with Crippen LogP contribution in [-0.2, 0) is 11.0 Å². The average molecular weight is 368 g/mol. The monoisotopic (exact) mass is 367 g/mol. The van der Waals surface area contributed by atoms with E-state index in [1.54, 1.807) is 6.08 Å². The molecule has 0 heterocycles. The van der Waals surface area contributed by atoms with E-state index in [9.17, 15) is 18.0 Å². The number of anilines is 1. The summed E-state index contributed by atoms with van der Waals surface area (Å²) in [6.45, 7) is 4.16. The van der Waals surface area contributed by atoms with E-state index in [1.165, 1.54) is 11.6 Å². The van der Waals surface area contributed by atoms with Crippen molar-refractivity contribution in [3.8, 4) is 0 Å². The van der Waals surface area contributed by atoms with Crippen molar-refractivity contribution < 1.29 is 18.0 Å². The van der Waals surface area contributed by atoms with Crippen LogP contribution in [0.15, 0.2) is 48.5 Å². The molecule has 0 bridgehead atoms. The number of hydrogen-bond acceptors (Lipinski definition) is 1. The number of benzene rings is 2. The number of carbonyl (C=O) groups excluding carboxylic acids is 1. The quantitative estimate of drug-likeness (QED) is 0.646. The fourth-order valence-electron chi connectivity index (χ4n) is 2.14. The maximum absolute atomic E-state index is 12.7. The molecule has 0 fully saturated rings. The zero-order valence-electron chi connectivity index (χ0n) is 13.7. The van der Waals surface area contributed by atoms with E-state index >= 15 is 0 Å². The molecule has 1 N–H and O–H groups in total. The maximum Gasteiger partial charge on any atom is 0.416 e. The van der Waals surface area contributed by atoms with Gasteiger partial charge in [0.15, 0.2) is 0 Å². The summed E-state index contributed by atoms with van der Waals surface area (Å²) >= 11 is 5.85. The molecule has 0 radical (unpaired) electrons. The van der Waals surface area contributed by atoms with Gasteiger partial charge in [-0.1, -0.05) is 49.7 Å². The number of carbonyl (C=O) groups is 1. The first kappa shape index (κ1) is 19.1. The van der Waals surface area contributed by atoms with Crippen LogP contribution >= 0.6 is 11.6 Å². The van der Waals surface area contributed by atoms with Gasteiger partial charge in [-0.05, 0) is 41.3 Å². The first-order valence-electron chi connectivity index (χ1n) is 7.62. The number of rotatable bonds is 4. The lowest BCUT2D eigenvalue weighted by molar-refractivity contribution is -0.137. The van der Waals surface area contributed by atoms with E-state index in [2.05, 4.69) is 19.2 Å². The molecular formula is C19H17ClF3NO. The Labute approximate surface area is 149 Å². The Hall–Kier alpha value is -2.27. The van der Waals surface area contributed by atoms with Gasteiger partial charge in [0, 0.05) is 6.08 Å². The number of amides is 1. The molecule has 132 valence electrons. The number of hydrogen-bond donors (Lipinski definition) is 1. The summed E-state index contributed by atoms with van der Waals surface area (Å²) in [6.07, 6.45) is -1.67. The smallest absolute Gasteiger partial charge is 0.321 e. The fourth-order valence-corrected chi connectivity index (χ4v) is 2.30. The minimum Gasteiger partial charge on any atom is -0.321 e. The fraction of sp³-hybridized carbons (Fsp3) is 0.211. The molecule has 0 aliphatic rings. The molecule has 0 saturated carbocycles. The van der Waals surface area contributed by atoms with Gasteiger partial charge in [0.2, 0.25) is 5.91 Å². The van der Waals surface area contributed by atoms with E-state index in [4.69, 9.17) is 11.6 Å². The van der Waals surface area contributed by atoms with Gasteiger partial charge >= 0.3 is 6.18 Å². The third-order valence-electron chi connectivity index (χ3n) is 3.58. The average Bonchev–Trinajstić information content (AvgIpc) is 2.54. The lowest BCUT2D eigenvalue weighted by atomic mass is 10.0. The van der Waals surface area contributed by atoms with Gasteiger partial charge in [-0.3, -0.25) is 4.79 Å². The molecule has 0 aromatic heterocycles. The van der Waals surface area contributed by atoms with Crippen molar-refractivity contribution in [1.82, 2.24) is 0 Å². The Kier molecular flexibility index (Phi) is 5.90. The van der Waals surface area contributed by atoms with E-state index in [0.717, 1.165) is 23.8 Å². The Morgan fingerprint density at radius 3 is 2.32 bits per heavy atom. The highest BCUT2D eigenvalue weighted by Gasteiger charge is 2.31. The summed E-state index contributed by atoms with van der Waals surface area (Å²) in [6, 6.07) is 10.5. The standard InChI is InChI=1S/C19H17ClF3NO/c1-12(2)14-6-3-13(4-7-14)5-10-18(25)24-17-11-15(19(21,22)23)8-9-16(17)20/h3-12H,1-2H3,(H,24,25). The van der Waals surface area contributed by atoms with Crippen LogP contribution in [0.25, 0.3) is 6.08 Å². The minimum absolute atomic E-state index is 0.0380. The van der Waals surface area contributed by atoms with E-state index in [0.29, 0.717) is 5.92 Å². The predicted octanol–water partition coefficient (Wildman–Crippen LogP) is 6.13.